The van der Waals surface area contributed by atoms with Crippen molar-refractivity contribution in [2.75, 3.05) is 6.54 Å². The fourth-order valence-electron chi connectivity index (χ4n) is 2.78. The summed E-state index contributed by atoms with van der Waals surface area (Å²) in [5, 5.41) is 7.08. The average Bonchev–Trinajstić information content (AvgIpc) is 2.66. The second kappa shape index (κ2) is 8.22. The fourth-order valence-corrected chi connectivity index (χ4v) is 2.91. The second-order valence-corrected chi connectivity index (χ2v) is 6.70. The minimum absolute atomic E-state index is 0.0296. The number of carbonyl (C=O) groups is 1. The fraction of sp³-hybridized carbons (Fsp3) is 0.200. The average molecular weight is 399 g/mol. The molecule has 3 aromatic rings. The van der Waals surface area contributed by atoms with Crippen LogP contribution in [0.4, 0.5) is 0 Å². The molecule has 1 amide bonds. The van der Waals surface area contributed by atoms with Crippen molar-refractivity contribution in [3.63, 3.8) is 0 Å². The van der Waals surface area contributed by atoms with Gasteiger partial charge in [-0.1, -0.05) is 41.4 Å². The maximum absolute atomic E-state index is 13.0. The van der Waals surface area contributed by atoms with Gasteiger partial charge in [-0.05, 0) is 43.7 Å². The van der Waals surface area contributed by atoms with Crippen LogP contribution in [-0.4, -0.2) is 26.8 Å². The monoisotopic (exact) mass is 398 g/mol. The van der Waals surface area contributed by atoms with E-state index in [1.165, 1.54) is 0 Å². The topological polar surface area (TPSA) is 86.0 Å². The molecule has 1 heterocycles. The largest absolute Gasteiger partial charge is 0.352 e. The zero-order chi connectivity index (χ0) is 20.3. The van der Waals surface area contributed by atoms with Crippen LogP contribution in [0.25, 0.3) is 5.69 Å². The Morgan fingerprint density at radius 3 is 2.50 bits per heavy atom. The number of nitrogens with zero attached hydrogens (tertiary/aromatic N) is 3. The van der Waals surface area contributed by atoms with Crippen molar-refractivity contribution in [2.45, 2.75) is 20.4 Å². The SMILES string of the molecule is CCNC(=O)c1nn(-c2ccc(Cl)cc2)c(=O)n(Cc2cccc(C)c2)c1=O. The molecular weight excluding hydrogens is 380 g/mol. The Morgan fingerprint density at radius 2 is 1.86 bits per heavy atom. The van der Waals surface area contributed by atoms with Gasteiger partial charge in [0.2, 0.25) is 5.69 Å². The normalized spacial score (nSPS) is 10.7. The van der Waals surface area contributed by atoms with E-state index in [-0.39, 0.29) is 12.2 Å². The number of nitrogens with one attached hydrogen (secondary N) is 1. The van der Waals surface area contributed by atoms with Crippen LogP contribution in [0.2, 0.25) is 5.02 Å². The van der Waals surface area contributed by atoms with Gasteiger partial charge in [-0.2, -0.15) is 9.78 Å². The summed E-state index contributed by atoms with van der Waals surface area (Å²) in [7, 11) is 0. The van der Waals surface area contributed by atoms with Gasteiger partial charge in [0.25, 0.3) is 11.5 Å². The van der Waals surface area contributed by atoms with Gasteiger partial charge in [-0.15, -0.1) is 0 Å². The van der Waals surface area contributed by atoms with Crippen molar-refractivity contribution in [3.05, 3.63) is 91.2 Å². The first-order valence-electron chi connectivity index (χ1n) is 8.74. The van der Waals surface area contributed by atoms with E-state index in [9.17, 15) is 14.4 Å². The van der Waals surface area contributed by atoms with Crippen LogP contribution in [0.3, 0.4) is 0 Å². The number of halogens is 1. The first-order chi connectivity index (χ1) is 13.4. The Labute approximate surface area is 166 Å². The van der Waals surface area contributed by atoms with E-state index in [1.807, 2.05) is 31.2 Å². The molecule has 0 aliphatic heterocycles. The molecule has 1 aromatic heterocycles. The third-order valence-electron chi connectivity index (χ3n) is 4.11. The van der Waals surface area contributed by atoms with Crippen LogP contribution in [0.1, 0.15) is 28.5 Å². The van der Waals surface area contributed by atoms with E-state index < -0.39 is 17.2 Å². The number of hydrogen-bond donors (Lipinski definition) is 1. The molecule has 0 aliphatic rings. The van der Waals surface area contributed by atoms with Crippen LogP contribution in [0.15, 0.2) is 58.1 Å². The van der Waals surface area contributed by atoms with Crippen LogP contribution in [-0.2, 0) is 6.54 Å². The quantitative estimate of drug-likeness (QED) is 0.713. The number of carbonyl (C=O) groups excluding carboxylic acids is 1. The molecule has 0 aliphatic carbocycles. The Bertz CT molecular complexity index is 1130. The summed E-state index contributed by atoms with van der Waals surface area (Å²) < 4.78 is 2.05. The van der Waals surface area contributed by atoms with Crippen molar-refractivity contribution in [2.24, 2.45) is 0 Å². The van der Waals surface area contributed by atoms with Gasteiger partial charge in [0.1, 0.15) is 0 Å². The lowest BCUT2D eigenvalue weighted by molar-refractivity contribution is 0.0946. The van der Waals surface area contributed by atoms with Crippen LogP contribution >= 0.6 is 11.6 Å². The number of amides is 1. The summed E-state index contributed by atoms with van der Waals surface area (Å²) in [6, 6.07) is 13.9. The summed E-state index contributed by atoms with van der Waals surface area (Å²) in [6.07, 6.45) is 0. The Kier molecular flexibility index (Phi) is 5.75. The van der Waals surface area contributed by atoms with Crippen molar-refractivity contribution >= 4 is 17.5 Å². The van der Waals surface area contributed by atoms with Crippen molar-refractivity contribution < 1.29 is 4.79 Å². The van der Waals surface area contributed by atoms with Crippen molar-refractivity contribution in [3.8, 4) is 5.69 Å². The zero-order valence-electron chi connectivity index (χ0n) is 15.5. The zero-order valence-corrected chi connectivity index (χ0v) is 16.2. The molecule has 0 fully saturated rings. The lowest BCUT2D eigenvalue weighted by Crippen LogP contribution is -2.46. The van der Waals surface area contributed by atoms with Crippen LogP contribution in [0.5, 0.6) is 0 Å². The number of hydrogen-bond acceptors (Lipinski definition) is 4. The molecule has 0 saturated carbocycles. The van der Waals surface area contributed by atoms with Gasteiger partial charge in [0.15, 0.2) is 0 Å². The summed E-state index contributed by atoms with van der Waals surface area (Å²) in [5.74, 6) is -0.631. The van der Waals surface area contributed by atoms with Crippen LogP contribution in [0, 0.1) is 6.92 Å². The highest BCUT2D eigenvalue weighted by Crippen LogP contribution is 2.11. The predicted molar refractivity (Wildman–Crippen MR) is 107 cm³/mol. The minimum atomic E-state index is -0.734. The van der Waals surface area contributed by atoms with Crippen molar-refractivity contribution in [1.29, 1.82) is 0 Å². The summed E-state index contributed by atoms with van der Waals surface area (Å²) >= 11 is 5.91. The predicted octanol–water partition coefficient (Wildman–Crippen LogP) is 2.15. The van der Waals surface area contributed by atoms with E-state index in [4.69, 9.17) is 11.6 Å². The maximum Gasteiger partial charge on any atom is 0.352 e. The smallest absolute Gasteiger partial charge is 0.351 e. The van der Waals surface area contributed by atoms with E-state index in [2.05, 4.69) is 10.4 Å². The summed E-state index contributed by atoms with van der Waals surface area (Å²) in [4.78, 5) is 38.2. The number of benzene rings is 2. The molecule has 8 heteroatoms. The van der Waals surface area contributed by atoms with Gasteiger partial charge in [0.05, 0.1) is 12.2 Å². The molecule has 0 saturated heterocycles. The highest BCUT2D eigenvalue weighted by molar-refractivity contribution is 6.30. The van der Waals surface area contributed by atoms with Gasteiger partial charge in [-0.25, -0.2) is 4.79 Å². The van der Waals surface area contributed by atoms with E-state index in [1.54, 1.807) is 31.2 Å². The van der Waals surface area contributed by atoms with Crippen molar-refractivity contribution in [1.82, 2.24) is 19.7 Å². The summed E-state index contributed by atoms with van der Waals surface area (Å²) in [6.45, 7) is 4.02. The highest BCUT2D eigenvalue weighted by Gasteiger charge is 2.20. The molecule has 28 heavy (non-hydrogen) atoms. The van der Waals surface area contributed by atoms with E-state index in [0.29, 0.717) is 17.3 Å². The number of rotatable bonds is 5. The van der Waals surface area contributed by atoms with Gasteiger partial charge >= 0.3 is 5.69 Å². The molecule has 2 aromatic carbocycles. The standard InChI is InChI=1S/C20H19ClN4O3/c1-3-22-18(26)17-19(27)24(12-14-6-4-5-13(2)11-14)20(28)25(23-17)16-9-7-15(21)8-10-16/h4-11H,3,12H2,1-2H3,(H,22,26). The third kappa shape index (κ3) is 4.04. The minimum Gasteiger partial charge on any atom is -0.351 e. The Hall–Kier alpha value is -3.19. The Balaban J connectivity index is 2.21. The Morgan fingerprint density at radius 1 is 1.14 bits per heavy atom. The van der Waals surface area contributed by atoms with Gasteiger partial charge in [0, 0.05) is 11.6 Å². The first kappa shape index (κ1) is 19.6. The molecule has 144 valence electrons. The molecule has 0 atom stereocenters. The third-order valence-corrected chi connectivity index (χ3v) is 4.36. The lowest BCUT2D eigenvalue weighted by Gasteiger charge is -2.12. The molecule has 0 unspecified atom stereocenters. The van der Waals surface area contributed by atoms with Crippen LogP contribution < -0.4 is 16.6 Å². The molecule has 0 bridgehead atoms. The highest BCUT2D eigenvalue weighted by atomic mass is 35.5. The number of aryl methyl sites for hydroxylation is 1. The maximum atomic E-state index is 13.0. The molecule has 1 N–H and O–H groups in total. The van der Waals surface area contributed by atoms with E-state index >= 15 is 0 Å². The summed E-state index contributed by atoms with van der Waals surface area (Å²) in [5.41, 5.74) is 0.461. The molecule has 0 spiro atoms. The second-order valence-electron chi connectivity index (χ2n) is 6.26. The number of aromatic nitrogens is 3. The molecule has 7 nitrogen and oxygen atoms in total. The molecule has 0 radical (unpaired) electrons. The van der Waals surface area contributed by atoms with Gasteiger partial charge in [-0.3, -0.25) is 14.2 Å². The van der Waals surface area contributed by atoms with E-state index in [0.717, 1.165) is 20.4 Å². The molecule has 3 rings (SSSR count). The lowest BCUT2D eigenvalue weighted by atomic mass is 10.1. The van der Waals surface area contributed by atoms with Gasteiger partial charge < -0.3 is 5.32 Å². The first-order valence-corrected chi connectivity index (χ1v) is 9.12. The molecular formula is C20H19ClN4O3.